The third-order valence-corrected chi connectivity index (χ3v) is 6.48. The van der Waals surface area contributed by atoms with Gasteiger partial charge in [-0.3, -0.25) is 0 Å². The van der Waals surface area contributed by atoms with Crippen molar-refractivity contribution in [3.05, 3.63) is 0 Å². The Labute approximate surface area is 117 Å². The van der Waals surface area contributed by atoms with Gasteiger partial charge in [0.15, 0.2) is 0 Å². The number of nitrogens with zero attached hydrogens (tertiary/aromatic N) is 4. The Bertz CT molecular complexity index is 386. The molecule has 4 saturated heterocycles. The quantitative estimate of drug-likeness (QED) is 0.579. The second kappa shape index (κ2) is 3.94. The van der Waals surface area contributed by atoms with Crippen molar-refractivity contribution in [1.82, 2.24) is 9.80 Å². The van der Waals surface area contributed by atoms with Crippen LogP contribution in [0.4, 0.5) is 0 Å². The zero-order valence-electron chi connectivity index (χ0n) is 12.9. The number of likely N-dealkylation sites (N-methyl/N-ethyl adjacent to an activating group) is 2. The summed E-state index contributed by atoms with van der Waals surface area (Å²) in [6.45, 7) is 13.3. The fourth-order valence-corrected chi connectivity index (χ4v) is 5.74. The lowest BCUT2D eigenvalue weighted by atomic mass is 9.93. The Balaban J connectivity index is 1.75. The highest BCUT2D eigenvalue weighted by Gasteiger charge is 2.62. The molecular formula is C15H30N4+2. The molecule has 0 bridgehead atoms. The van der Waals surface area contributed by atoms with Crippen molar-refractivity contribution >= 4 is 0 Å². The van der Waals surface area contributed by atoms with Gasteiger partial charge in [0.1, 0.15) is 0 Å². The van der Waals surface area contributed by atoms with Crippen LogP contribution in [0, 0.1) is 5.92 Å². The first-order valence-electron chi connectivity index (χ1n) is 8.18. The lowest BCUT2D eigenvalue weighted by Crippen LogP contribution is -2.86. The summed E-state index contributed by atoms with van der Waals surface area (Å²) in [5, 5.41) is 0. The minimum Gasteiger partial charge on any atom is -0.304 e. The van der Waals surface area contributed by atoms with Gasteiger partial charge in [-0.25, -0.2) is 9.80 Å². The molecule has 108 valence electrons. The van der Waals surface area contributed by atoms with E-state index in [9.17, 15) is 0 Å². The van der Waals surface area contributed by atoms with Gasteiger partial charge in [0.2, 0.25) is 12.3 Å². The van der Waals surface area contributed by atoms with Crippen LogP contribution in [0.15, 0.2) is 0 Å². The topological polar surface area (TPSA) is 6.48 Å². The van der Waals surface area contributed by atoms with Crippen LogP contribution < -0.4 is 0 Å². The van der Waals surface area contributed by atoms with Crippen LogP contribution in [-0.4, -0.2) is 97.6 Å². The molecule has 5 atom stereocenters. The summed E-state index contributed by atoms with van der Waals surface area (Å²) in [5.41, 5.74) is 0. The molecule has 0 aromatic rings. The molecule has 5 unspecified atom stereocenters. The van der Waals surface area contributed by atoms with Crippen molar-refractivity contribution < 1.29 is 8.97 Å². The number of piperazine rings is 2. The summed E-state index contributed by atoms with van der Waals surface area (Å²) in [5.74, 6) is 0.869. The first-order chi connectivity index (χ1) is 9.02. The van der Waals surface area contributed by atoms with Gasteiger partial charge in [-0.05, 0) is 0 Å². The zero-order valence-corrected chi connectivity index (χ0v) is 12.9. The normalized spacial score (nSPS) is 54.8. The van der Waals surface area contributed by atoms with Crippen LogP contribution in [0.25, 0.3) is 0 Å². The molecule has 0 spiro atoms. The molecule has 0 saturated carbocycles. The van der Waals surface area contributed by atoms with Gasteiger partial charge in [0, 0.05) is 25.4 Å². The molecule has 0 radical (unpaired) electrons. The maximum Gasteiger partial charge on any atom is 0.213 e. The van der Waals surface area contributed by atoms with E-state index in [1.807, 2.05) is 0 Å². The Kier molecular flexibility index (Phi) is 2.61. The molecule has 4 nitrogen and oxygen atoms in total. The predicted octanol–water partition coefficient (Wildman–Crippen LogP) is 0.216. The van der Waals surface area contributed by atoms with Crippen LogP contribution in [0.1, 0.15) is 13.3 Å². The minimum absolute atomic E-state index is 0.768. The van der Waals surface area contributed by atoms with E-state index in [1.54, 1.807) is 0 Å². The highest BCUT2D eigenvalue weighted by Crippen LogP contribution is 2.40. The second-order valence-electron chi connectivity index (χ2n) is 8.13. The first kappa shape index (κ1) is 12.6. The van der Waals surface area contributed by atoms with E-state index >= 15 is 0 Å². The van der Waals surface area contributed by atoms with Gasteiger partial charge in [0.05, 0.1) is 53.4 Å². The van der Waals surface area contributed by atoms with Gasteiger partial charge in [-0.15, -0.1) is 0 Å². The summed E-state index contributed by atoms with van der Waals surface area (Å²) < 4.78 is 2.64. The fraction of sp³-hybridized carbons (Fsp3) is 1.00. The van der Waals surface area contributed by atoms with E-state index < -0.39 is 0 Å². The van der Waals surface area contributed by atoms with Crippen molar-refractivity contribution in [2.45, 2.75) is 25.7 Å². The number of quaternary nitrogens is 2. The van der Waals surface area contributed by atoms with E-state index in [4.69, 9.17) is 0 Å². The Hall–Kier alpha value is -0.160. The van der Waals surface area contributed by atoms with Gasteiger partial charge in [-0.1, -0.05) is 6.92 Å². The van der Waals surface area contributed by atoms with Crippen LogP contribution in [0.2, 0.25) is 0 Å². The third kappa shape index (κ3) is 1.67. The molecular weight excluding hydrogens is 236 g/mol. The molecule has 0 aromatic carbocycles. The van der Waals surface area contributed by atoms with E-state index in [2.05, 4.69) is 30.8 Å². The van der Waals surface area contributed by atoms with E-state index in [-0.39, 0.29) is 0 Å². The minimum atomic E-state index is 0.768. The predicted molar refractivity (Wildman–Crippen MR) is 76.3 cm³/mol. The SMILES string of the molecule is CC1CN2CC[N+]3(C)CCCN4CC[N+](C)(C1)C2C43. The smallest absolute Gasteiger partial charge is 0.213 e. The van der Waals surface area contributed by atoms with Crippen molar-refractivity contribution in [2.75, 3.05) is 66.5 Å². The Morgan fingerprint density at radius 2 is 1.53 bits per heavy atom. The average molecular weight is 266 g/mol. The summed E-state index contributed by atoms with van der Waals surface area (Å²) in [6, 6.07) is 0. The highest BCUT2D eigenvalue weighted by atomic mass is 15.6. The molecule has 4 heteroatoms. The lowest BCUT2D eigenvalue weighted by Gasteiger charge is -2.66. The highest BCUT2D eigenvalue weighted by molar-refractivity contribution is 4.89. The van der Waals surface area contributed by atoms with Crippen molar-refractivity contribution in [1.29, 1.82) is 0 Å². The average Bonchev–Trinajstić information content (AvgIpc) is 2.35. The van der Waals surface area contributed by atoms with Crippen molar-refractivity contribution in [2.24, 2.45) is 5.92 Å². The number of rotatable bonds is 0. The largest absolute Gasteiger partial charge is 0.304 e. The Morgan fingerprint density at radius 1 is 0.842 bits per heavy atom. The molecule has 0 amide bonds. The zero-order chi connectivity index (χ0) is 13.3. The third-order valence-electron chi connectivity index (χ3n) is 6.48. The van der Waals surface area contributed by atoms with Gasteiger partial charge in [0.25, 0.3) is 0 Å². The summed E-state index contributed by atoms with van der Waals surface area (Å²) in [4.78, 5) is 5.67. The molecule has 4 rings (SSSR count). The van der Waals surface area contributed by atoms with Crippen molar-refractivity contribution in [3.8, 4) is 0 Å². The Morgan fingerprint density at radius 3 is 2.37 bits per heavy atom. The molecule has 0 aromatic heterocycles. The van der Waals surface area contributed by atoms with Gasteiger partial charge < -0.3 is 8.97 Å². The van der Waals surface area contributed by atoms with Crippen LogP contribution in [0.3, 0.4) is 0 Å². The molecule has 0 aliphatic carbocycles. The van der Waals surface area contributed by atoms with Crippen molar-refractivity contribution in [3.63, 3.8) is 0 Å². The maximum absolute atomic E-state index is 2.84. The summed E-state index contributed by atoms with van der Waals surface area (Å²) in [7, 11) is 5.07. The standard InChI is InChI=1S/C15H30N4/c1-13-11-17-7-9-18(2)8-4-5-16-6-10-19(3,12-13)15(17)14(16)18/h13-15H,4-12H2,1-3H3/q+2. The first-order valence-corrected chi connectivity index (χ1v) is 8.18. The van der Waals surface area contributed by atoms with Crippen LogP contribution >= 0.6 is 0 Å². The van der Waals surface area contributed by atoms with Gasteiger partial charge >= 0.3 is 0 Å². The summed E-state index contributed by atoms with van der Waals surface area (Å²) >= 11 is 0. The molecule has 4 aliphatic heterocycles. The molecule has 4 fully saturated rings. The second-order valence-corrected chi connectivity index (χ2v) is 8.13. The molecule has 4 heterocycles. The number of hydrogen-bond donors (Lipinski definition) is 0. The maximum atomic E-state index is 2.84. The molecule has 19 heavy (non-hydrogen) atoms. The van der Waals surface area contributed by atoms with E-state index in [0.29, 0.717) is 0 Å². The summed E-state index contributed by atoms with van der Waals surface area (Å²) in [6.07, 6.45) is 2.94. The molecule has 0 N–H and O–H groups in total. The van der Waals surface area contributed by atoms with Gasteiger partial charge in [-0.2, -0.15) is 0 Å². The lowest BCUT2D eigenvalue weighted by molar-refractivity contribution is -1.04. The van der Waals surface area contributed by atoms with E-state index in [1.165, 1.54) is 67.7 Å². The fourth-order valence-electron chi connectivity index (χ4n) is 5.74. The van der Waals surface area contributed by atoms with Crippen LogP contribution in [0.5, 0.6) is 0 Å². The van der Waals surface area contributed by atoms with E-state index in [0.717, 1.165) is 18.2 Å². The monoisotopic (exact) mass is 266 g/mol. The molecule has 4 aliphatic rings. The number of hydrogen-bond acceptors (Lipinski definition) is 2. The van der Waals surface area contributed by atoms with Crippen LogP contribution in [-0.2, 0) is 0 Å².